The summed E-state index contributed by atoms with van der Waals surface area (Å²) in [5.41, 5.74) is 0. The molecule has 0 bridgehead atoms. The molecule has 0 spiro atoms. The van der Waals surface area contributed by atoms with Gasteiger partial charge in [-0.1, -0.05) is 330 Å². The minimum absolute atomic E-state index is 0.0743. The molecule has 0 amide bonds. The second-order valence-electron chi connectivity index (χ2n) is 22.7. The quantitative estimate of drug-likeness (QED) is 0.0261. The molecule has 0 radical (unpaired) electrons. The number of ether oxygens (including phenoxy) is 3. The topological polar surface area (TPSA) is 78.9 Å². The molecule has 0 aromatic heterocycles. The molecule has 0 aliphatic rings. The van der Waals surface area contributed by atoms with E-state index < -0.39 is 6.10 Å². The zero-order valence-corrected chi connectivity index (χ0v) is 52.8. The molecule has 6 nitrogen and oxygen atoms in total. The smallest absolute Gasteiger partial charge is 0.306 e. The lowest BCUT2D eigenvalue weighted by Gasteiger charge is -2.18. The van der Waals surface area contributed by atoms with E-state index in [9.17, 15) is 14.4 Å². The summed E-state index contributed by atoms with van der Waals surface area (Å²) in [6.07, 6.45) is 91.4. The average Bonchev–Trinajstić information content (AvgIpc) is 3.46. The first-order chi connectivity index (χ1) is 39.5. The van der Waals surface area contributed by atoms with Gasteiger partial charge in [-0.3, -0.25) is 14.4 Å². The van der Waals surface area contributed by atoms with Crippen LogP contribution in [0.2, 0.25) is 0 Å². The van der Waals surface area contributed by atoms with Gasteiger partial charge >= 0.3 is 17.9 Å². The largest absolute Gasteiger partial charge is 0.462 e. The summed E-state index contributed by atoms with van der Waals surface area (Å²) in [5, 5.41) is 0. The van der Waals surface area contributed by atoms with Crippen molar-refractivity contribution in [3.8, 4) is 0 Å². The van der Waals surface area contributed by atoms with Crippen molar-refractivity contribution in [3.63, 3.8) is 0 Å². The number of hydrogen-bond acceptors (Lipinski definition) is 6. The van der Waals surface area contributed by atoms with Crippen LogP contribution >= 0.6 is 0 Å². The number of esters is 3. The van der Waals surface area contributed by atoms with Gasteiger partial charge in [-0.25, -0.2) is 0 Å². The highest BCUT2D eigenvalue weighted by Crippen LogP contribution is 2.17. The number of hydrogen-bond donors (Lipinski definition) is 0. The zero-order chi connectivity index (χ0) is 57.8. The van der Waals surface area contributed by atoms with Crippen LogP contribution in [0.1, 0.15) is 335 Å². The maximum atomic E-state index is 12.9. The molecular formula is C74H128O6. The van der Waals surface area contributed by atoms with Crippen LogP contribution in [-0.4, -0.2) is 37.2 Å². The van der Waals surface area contributed by atoms with Crippen molar-refractivity contribution in [1.82, 2.24) is 0 Å². The minimum Gasteiger partial charge on any atom is -0.462 e. The second kappa shape index (κ2) is 67.8. The first kappa shape index (κ1) is 76.3. The van der Waals surface area contributed by atoms with Crippen molar-refractivity contribution in [2.45, 2.75) is 341 Å². The molecule has 0 aliphatic carbocycles. The molecule has 0 aliphatic heterocycles. The SMILES string of the molecule is CC/C=C\C/C=C\C/C=C\C/C=C\C/C=C\C/C=C\C/C=C\C/C=C\CCCCCCCCCCC(=O)OCC(COC(=O)CCCCCCCCCCCCCC)OC(=O)CCCCCCCCCCCCCCCCCCC. The molecule has 460 valence electrons. The van der Waals surface area contributed by atoms with E-state index in [0.717, 1.165) is 116 Å². The summed E-state index contributed by atoms with van der Waals surface area (Å²) in [6.45, 7) is 6.56. The highest BCUT2D eigenvalue weighted by molar-refractivity contribution is 5.71. The fourth-order valence-electron chi connectivity index (χ4n) is 9.76. The standard InChI is InChI=1S/C74H128O6/c1-4-7-10-13-16-19-22-25-27-29-30-31-32-33-34-35-36-37-38-39-40-41-42-43-44-46-47-49-52-55-58-61-64-67-73(76)79-70-71(69-78-72(75)66-63-60-57-54-51-24-21-18-15-12-9-6-3)80-74(77)68-65-62-59-56-53-50-48-45-28-26-23-20-17-14-11-8-5-2/h7,10,16,19,25,27,30-31,33-34,36-37,39-40,42-43,71H,4-6,8-9,11-15,17-18,20-24,26,28-29,32,35,38,41,44-70H2,1-3H3/b10-7-,19-16-,27-25-,31-30-,34-33-,37-36-,40-39-,43-42-. The molecular weight excluding hydrogens is 985 g/mol. The third kappa shape index (κ3) is 65.1. The Labute approximate surface area is 496 Å². The monoisotopic (exact) mass is 1110 g/mol. The van der Waals surface area contributed by atoms with Crippen molar-refractivity contribution in [1.29, 1.82) is 0 Å². The highest BCUT2D eigenvalue weighted by Gasteiger charge is 2.19. The molecule has 80 heavy (non-hydrogen) atoms. The van der Waals surface area contributed by atoms with Crippen LogP contribution in [0, 0.1) is 0 Å². The third-order valence-corrected chi connectivity index (χ3v) is 14.9. The normalized spacial score (nSPS) is 12.7. The first-order valence-electron chi connectivity index (χ1n) is 34.2. The van der Waals surface area contributed by atoms with Crippen molar-refractivity contribution in [2.75, 3.05) is 13.2 Å². The Bertz CT molecular complexity index is 1560. The number of allylic oxidation sites excluding steroid dienone is 16. The maximum absolute atomic E-state index is 12.9. The van der Waals surface area contributed by atoms with Gasteiger partial charge < -0.3 is 14.2 Å². The molecule has 0 N–H and O–H groups in total. The fourth-order valence-corrected chi connectivity index (χ4v) is 9.76. The molecule has 0 saturated heterocycles. The van der Waals surface area contributed by atoms with Crippen LogP contribution in [0.15, 0.2) is 97.2 Å². The van der Waals surface area contributed by atoms with E-state index in [1.165, 1.54) is 180 Å². The Morgan fingerprint density at radius 1 is 0.263 bits per heavy atom. The van der Waals surface area contributed by atoms with E-state index in [0.29, 0.717) is 19.3 Å². The first-order valence-corrected chi connectivity index (χ1v) is 34.2. The van der Waals surface area contributed by atoms with Gasteiger partial charge in [-0.15, -0.1) is 0 Å². The van der Waals surface area contributed by atoms with Crippen LogP contribution in [0.4, 0.5) is 0 Å². The van der Waals surface area contributed by atoms with Gasteiger partial charge in [0.2, 0.25) is 0 Å². The molecule has 0 fully saturated rings. The van der Waals surface area contributed by atoms with Crippen molar-refractivity contribution < 1.29 is 28.6 Å². The van der Waals surface area contributed by atoms with Crippen LogP contribution in [0.25, 0.3) is 0 Å². The predicted molar refractivity (Wildman–Crippen MR) is 348 cm³/mol. The summed E-state index contributed by atoms with van der Waals surface area (Å²) in [4.78, 5) is 38.3. The zero-order valence-electron chi connectivity index (χ0n) is 52.8. The van der Waals surface area contributed by atoms with Gasteiger partial charge in [-0.2, -0.15) is 0 Å². The van der Waals surface area contributed by atoms with Crippen LogP contribution in [0.3, 0.4) is 0 Å². The lowest BCUT2D eigenvalue weighted by Crippen LogP contribution is -2.30. The molecule has 0 saturated carbocycles. The number of rotatable bonds is 62. The fraction of sp³-hybridized carbons (Fsp3) is 0.743. The highest BCUT2D eigenvalue weighted by atomic mass is 16.6. The molecule has 0 rings (SSSR count). The maximum Gasteiger partial charge on any atom is 0.306 e. The van der Waals surface area contributed by atoms with E-state index in [1.807, 2.05) is 0 Å². The van der Waals surface area contributed by atoms with E-state index >= 15 is 0 Å². The third-order valence-electron chi connectivity index (χ3n) is 14.9. The van der Waals surface area contributed by atoms with Gasteiger partial charge in [-0.05, 0) is 83.5 Å². The Morgan fingerprint density at radius 3 is 0.762 bits per heavy atom. The molecule has 1 atom stereocenters. The Balaban J connectivity index is 4.24. The second-order valence-corrected chi connectivity index (χ2v) is 22.7. The van der Waals surface area contributed by atoms with Crippen molar-refractivity contribution in [3.05, 3.63) is 97.2 Å². The van der Waals surface area contributed by atoms with Gasteiger partial charge in [0.1, 0.15) is 13.2 Å². The van der Waals surface area contributed by atoms with Crippen molar-refractivity contribution in [2.24, 2.45) is 0 Å². The molecule has 1 unspecified atom stereocenters. The van der Waals surface area contributed by atoms with Gasteiger partial charge in [0.25, 0.3) is 0 Å². The number of carbonyl (C=O) groups is 3. The predicted octanol–water partition coefficient (Wildman–Crippen LogP) is 23.6. The van der Waals surface area contributed by atoms with Crippen LogP contribution in [0.5, 0.6) is 0 Å². The van der Waals surface area contributed by atoms with Gasteiger partial charge in [0.05, 0.1) is 0 Å². The minimum atomic E-state index is -0.778. The lowest BCUT2D eigenvalue weighted by molar-refractivity contribution is -0.167. The summed E-state index contributed by atoms with van der Waals surface area (Å²) >= 11 is 0. The van der Waals surface area contributed by atoms with E-state index in [4.69, 9.17) is 14.2 Å². The van der Waals surface area contributed by atoms with E-state index in [2.05, 4.69) is 118 Å². The average molecular weight is 1110 g/mol. The van der Waals surface area contributed by atoms with E-state index in [-0.39, 0.29) is 31.1 Å². The van der Waals surface area contributed by atoms with Gasteiger partial charge in [0.15, 0.2) is 6.10 Å². The summed E-state index contributed by atoms with van der Waals surface area (Å²) in [5.74, 6) is -0.866. The van der Waals surface area contributed by atoms with Crippen LogP contribution in [-0.2, 0) is 28.6 Å². The lowest BCUT2D eigenvalue weighted by atomic mass is 10.0. The number of carbonyl (C=O) groups excluding carboxylic acids is 3. The Morgan fingerprint density at radius 2 is 0.487 bits per heavy atom. The molecule has 0 heterocycles. The van der Waals surface area contributed by atoms with Gasteiger partial charge in [0, 0.05) is 19.3 Å². The number of unbranched alkanes of at least 4 members (excludes halogenated alkanes) is 35. The summed E-state index contributed by atoms with van der Waals surface area (Å²) in [7, 11) is 0. The summed E-state index contributed by atoms with van der Waals surface area (Å²) < 4.78 is 16.9. The van der Waals surface area contributed by atoms with Crippen molar-refractivity contribution >= 4 is 17.9 Å². The molecule has 0 aromatic carbocycles. The Hall–Kier alpha value is -3.67. The van der Waals surface area contributed by atoms with E-state index in [1.54, 1.807) is 0 Å². The summed E-state index contributed by atoms with van der Waals surface area (Å²) in [6, 6.07) is 0. The molecule has 6 heteroatoms. The Kier molecular flexibility index (Phi) is 64.7. The molecule has 0 aromatic rings. The van der Waals surface area contributed by atoms with Crippen LogP contribution < -0.4 is 0 Å².